The molecule has 0 amide bonds. The molecule has 0 spiro atoms. The molecule has 3 rings (SSSR count). The van der Waals surface area contributed by atoms with Gasteiger partial charge in [-0.25, -0.2) is 0 Å². The van der Waals surface area contributed by atoms with E-state index in [2.05, 4.69) is 21.5 Å². The van der Waals surface area contributed by atoms with Gasteiger partial charge in [-0.3, -0.25) is 9.58 Å². The smallest absolute Gasteiger partial charge is 0.0522 e. The first kappa shape index (κ1) is 14.1. The van der Waals surface area contributed by atoms with Gasteiger partial charge in [-0.2, -0.15) is 5.10 Å². The highest BCUT2D eigenvalue weighted by atomic mass is 15.2. The molecule has 1 aliphatic carbocycles. The minimum atomic E-state index is 0.765. The predicted octanol–water partition coefficient (Wildman–Crippen LogP) is 1.82. The van der Waals surface area contributed by atoms with Gasteiger partial charge in [0.05, 0.1) is 6.20 Å². The average Bonchev–Trinajstić information content (AvgIpc) is 2.92. The molecule has 1 N–H and O–H groups in total. The molecule has 1 saturated carbocycles. The van der Waals surface area contributed by atoms with Gasteiger partial charge >= 0.3 is 0 Å². The molecule has 20 heavy (non-hydrogen) atoms. The van der Waals surface area contributed by atoms with E-state index in [-0.39, 0.29) is 0 Å². The number of aryl methyl sites for hydroxylation is 1. The third-order valence-electron chi connectivity index (χ3n) is 5.04. The van der Waals surface area contributed by atoms with Crippen molar-refractivity contribution in [3.05, 3.63) is 18.0 Å². The molecule has 0 aromatic carbocycles. The van der Waals surface area contributed by atoms with Gasteiger partial charge in [-0.05, 0) is 30.7 Å². The van der Waals surface area contributed by atoms with Gasteiger partial charge in [-0.1, -0.05) is 19.3 Å². The lowest BCUT2D eigenvalue weighted by Crippen LogP contribution is -2.55. The highest BCUT2D eigenvalue weighted by Gasteiger charge is 2.30. The van der Waals surface area contributed by atoms with Crippen LogP contribution in [0.25, 0.3) is 0 Å². The van der Waals surface area contributed by atoms with E-state index in [1.165, 1.54) is 57.3 Å². The molecule has 4 heteroatoms. The zero-order chi connectivity index (χ0) is 13.8. The second kappa shape index (κ2) is 6.72. The van der Waals surface area contributed by atoms with Crippen LogP contribution in [0.1, 0.15) is 37.7 Å². The Labute approximate surface area is 122 Å². The molecule has 2 heterocycles. The average molecular weight is 276 g/mol. The molecule has 1 unspecified atom stereocenters. The summed E-state index contributed by atoms with van der Waals surface area (Å²) < 4.78 is 1.91. The van der Waals surface area contributed by atoms with Gasteiger partial charge in [0.1, 0.15) is 0 Å². The van der Waals surface area contributed by atoms with Crippen molar-refractivity contribution in [1.82, 2.24) is 20.0 Å². The van der Waals surface area contributed by atoms with Crippen LogP contribution in [0.2, 0.25) is 0 Å². The van der Waals surface area contributed by atoms with Crippen molar-refractivity contribution in [2.45, 2.75) is 44.6 Å². The zero-order valence-corrected chi connectivity index (χ0v) is 12.7. The number of aromatic nitrogens is 2. The summed E-state index contributed by atoms with van der Waals surface area (Å²) in [6.07, 6.45) is 12.5. The molecule has 4 nitrogen and oxygen atoms in total. The van der Waals surface area contributed by atoms with Crippen molar-refractivity contribution in [3.8, 4) is 0 Å². The zero-order valence-electron chi connectivity index (χ0n) is 12.7. The fourth-order valence-corrected chi connectivity index (χ4v) is 3.90. The van der Waals surface area contributed by atoms with Crippen LogP contribution in [-0.4, -0.2) is 46.9 Å². The summed E-state index contributed by atoms with van der Waals surface area (Å²) in [7, 11) is 2.00. The summed E-state index contributed by atoms with van der Waals surface area (Å²) in [4.78, 5) is 2.74. The van der Waals surface area contributed by atoms with E-state index in [9.17, 15) is 0 Å². The molecule has 1 saturated heterocycles. The van der Waals surface area contributed by atoms with Gasteiger partial charge in [0.25, 0.3) is 0 Å². The lowest BCUT2D eigenvalue weighted by Gasteiger charge is -2.42. The molecule has 1 atom stereocenters. The predicted molar refractivity (Wildman–Crippen MR) is 81.7 cm³/mol. The molecular weight excluding hydrogens is 248 g/mol. The molecule has 0 bridgehead atoms. The second-order valence-electron chi connectivity index (χ2n) is 6.48. The Morgan fingerprint density at radius 3 is 2.90 bits per heavy atom. The van der Waals surface area contributed by atoms with E-state index in [0.717, 1.165) is 24.9 Å². The van der Waals surface area contributed by atoms with Crippen molar-refractivity contribution in [2.75, 3.05) is 26.2 Å². The summed E-state index contributed by atoms with van der Waals surface area (Å²) >= 11 is 0. The first-order chi connectivity index (χ1) is 9.83. The van der Waals surface area contributed by atoms with Gasteiger partial charge in [-0.15, -0.1) is 0 Å². The standard InChI is InChI=1S/C16H28N4/c1-19-13-14(11-18-19)7-9-20-10-8-17-12-16(20)15-5-3-2-4-6-15/h11,13,15-17H,2-10,12H2,1H3. The molecule has 2 fully saturated rings. The Hall–Kier alpha value is -0.870. The quantitative estimate of drug-likeness (QED) is 0.910. The van der Waals surface area contributed by atoms with E-state index in [0.29, 0.717) is 0 Å². The number of hydrogen-bond acceptors (Lipinski definition) is 3. The van der Waals surface area contributed by atoms with Crippen molar-refractivity contribution in [1.29, 1.82) is 0 Å². The summed E-state index contributed by atoms with van der Waals surface area (Å²) in [5, 5.41) is 7.88. The fraction of sp³-hybridized carbons (Fsp3) is 0.812. The maximum atomic E-state index is 4.28. The number of nitrogens with one attached hydrogen (secondary N) is 1. The van der Waals surface area contributed by atoms with Crippen molar-refractivity contribution < 1.29 is 0 Å². The molecule has 1 aliphatic heterocycles. The fourth-order valence-electron chi connectivity index (χ4n) is 3.90. The Kier molecular flexibility index (Phi) is 4.73. The van der Waals surface area contributed by atoms with Gasteiger partial charge in [0.2, 0.25) is 0 Å². The monoisotopic (exact) mass is 276 g/mol. The largest absolute Gasteiger partial charge is 0.314 e. The van der Waals surface area contributed by atoms with Crippen LogP contribution in [0, 0.1) is 5.92 Å². The molecule has 0 radical (unpaired) electrons. The van der Waals surface area contributed by atoms with Crippen molar-refractivity contribution in [3.63, 3.8) is 0 Å². The van der Waals surface area contributed by atoms with Crippen LogP contribution in [0.4, 0.5) is 0 Å². The van der Waals surface area contributed by atoms with E-state index >= 15 is 0 Å². The third-order valence-corrected chi connectivity index (χ3v) is 5.04. The summed E-state index contributed by atoms with van der Waals surface area (Å²) in [5.41, 5.74) is 1.37. The highest BCUT2D eigenvalue weighted by Crippen LogP contribution is 2.29. The molecule has 2 aliphatic rings. The van der Waals surface area contributed by atoms with Crippen LogP contribution in [0.3, 0.4) is 0 Å². The minimum Gasteiger partial charge on any atom is -0.314 e. The van der Waals surface area contributed by atoms with Crippen molar-refractivity contribution >= 4 is 0 Å². The second-order valence-corrected chi connectivity index (χ2v) is 6.48. The Morgan fingerprint density at radius 2 is 2.15 bits per heavy atom. The first-order valence-corrected chi connectivity index (χ1v) is 8.25. The van der Waals surface area contributed by atoms with Crippen LogP contribution in [0.5, 0.6) is 0 Å². The van der Waals surface area contributed by atoms with Crippen LogP contribution >= 0.6 is 0 Å². The van der Waals surface area contributed by atoms with Gasteiger partial charge < -0.3 is 5.32 Å². The van der Waals surface area contributed by atoms with Crippen LogP contribution < -0.4 is 5.32 Å². The minimum absolute atomic E-state index is 0.765. The lowest BCUT2D eigenvalue weighted by molar-refractivity contribution is 0.0937. The number of piperazine rings is 1. The number of hydrogen-bond donors (Lipinski definition) is 1. The van der Waals surface area contributed by atoms with Crippen molar-refractivity contribution in [2.24, 2.45) is 13.0 Å². The summed E-state index contributed by atoms with van der Waals surface area (Å²) in [5.74, 6) is 0.922. The molecule has 1 aromatic rings. The lowest BCUT2D eigenvalue weighted by atomic mass is 9.82. The molecular formula is C16H28N4. The number of nitrogens with zero attached hydrogens (tertiary/aromatic N) is 3. The highest BCUT2D eigenvalue weighted by molar-refractivity contribution is 5.04. The normalized spacial score (nSPS) is 25.9. The molecule has 1 aromatic heterocycles. The van der Waals surface area contributed by atoms with E-state index in [1.807, 2.05) is 17.9 Å². The maximum Gasteiger partial charge on any atom is 0.0522 e. The Morgan fingerprint density at radius 1 is 1.30 bits per heavy atom. The van der Waals surface area contributed by atoms with E-state index in [1.54, 1.807) is 0 Å². The van der Waals surface area contributed by atoms with Gasteiger partial charge in [0, 0.05) is 45.5 Å². The SMILES string of the molecule is Cn1cc(CCN2CCNCC2C2CCCCC2)cn1. The maximum absolute atomic E-state index is 4.28. The first-order valence-electron chi connectivity index (χ1n) is 8.25. The van der Waals surface area contributed by atoms with E-state index < -0.39 is 0 Å². The molecule has 112 valence electrons. The Balaban J connectivity index is 1.57. The van der Waals surface area contributed by atoms with Crippen LogP contribution in [0.15, 0.2) is 12.4 Å². The third kappa shape index (κ3) is 3.41. The Bertz CT molecular complexity index is 408. The summed E-state index contributed by atoms with van der Waals surface area (Å²) in [6, 6.07) is 0.765. The van der Waals surface area contributed by atoms with Crippen LogP contribution in [-0.2, 0) is 13.5 Å². The van der Waals surface area contributed by atoms with E-state index in [4.69, 9.17) is 0 Å². The summed E-state index contributed by atoms with van der Waals surface area (Å²) in [6.45, 7) is 4.74. The topological polar surface area (TPSA) is 33.1 Å². The van der Waals surface area contributed by atoms with Gasteiger partial charge in [0.15, 0.2) is 0 Å². The number of rotatable bonds is 4.